The largest absolute Gasteiger partial charge is 0.416 e. The second-order valence-corrected chi connectivity index (χ2v) is 6.15. The minimum atomic E-state index is -4.68. The Labute approximate surface area is 165 Å². The number of amides is 1. The molecule has 0 saturated carbocycles. The van der Waals surface area contributed by atoms with Crippen molar-refractivity contribution < 1.29 is 26.2 Å². The van der Waals surface area contributed by atoms with Crippen molar-refractivity contribution in [2.45, 2.75) is 32.3 Å². The van der Waals surface area contributed by atoms with E-state index in [1.54, 1.807) is 22.6 Å². The van der Waals surface area contributed by atoms with Crippen LogP contribution in [-0.2, 0) is 16.5 Å². The van der Waals surface area contributed by atoms with Crippen LogP contribution in [0.1, 0.15) is 40.0 Å². The van der Waals surface area contributed by atoms with Crippen molar-refractivity contribution in [1.29, 1.82) is 0 Å². The van der Waals surface area contributed by atoms with E-state index in [1.807, 2.05) is 0 Å². The minimum Gasteiger partial charge on any atom is -0.323 e. The lowest BCUT2D eigenvalue weighted by molar-refractivity contribution is -0.137. The van der Waals surface area contributed by atoms with Crippen molar-refractivity contribution in [2.75, 3.05) is 5.32 Å². The Kier molecular flexibility index (Phi) is 3.50. The summed E-state index contributed by atoms with van der Waals surface area (Å²) in [6.45, 7) is -5.45. The fourth-order valence-electron chi connectivity index (χ4n) is 1.87. The molecule has 0 saturated heterocycles. The Morgan fingerprint density at radius 1 is 1.40 bits per heavy atom. The molecule has 1 aromatic heterocycles. The zero-order valence-electron chi connectivity index (χ0n) is 18.7. The van der Waals surface area contributed by atoms with Gasteiger partial charge in [0, 0.05) is 20.0 Å². The fourth-order valence-corrected chi connectivity index (χ4v) is 2.26. The van der Waals surface area contributed by atoms with Gasteiger partial charge in [0.15, 0.2) is 0 Å². The molecule has 0 aliphatic rings. The summed E-state index contributed by atoms with van der Waals surface area (Å²) >= 11 is 1.76. The monoisotopic (exact) mass is 467 g/mol. The van der Waals surface area contributed by atoms with Crippen molar-refractivity contribution >= 4 is 34.2 Å². The number of carbonyl (C=O) groups excluding carboxylic acids is 1. The first-order chi connectivity index (χ1) is 14.1. The maximum absolute atomic E-state index is 13.2. The molecule has 25 heavy (non-hydrogen) atoms. The number of carbonyl (C=O) groups is 1. The predicted molar refractivity (Wildman–Crippen MR) is 96.9 cm³/mol. The van der Waals surface area contributed by atoms with Crippen LogP contribution < -0.4 is 5.32 Å². The summed E-state index contributed by atoms with van der Waals surface area (Å²) in [6, 6.07) is 2.23. The highest BCUT2D eigenvalue weighted by Gasteiger charge is 2.33. The number of benzene rings is 1. The second kappa shape index (κ2) is 7.07. The van der Waals surface area contributed by atoms with Crippen LogP contribution in [0.15, 0.2) is 30.6 Å². The van der Waals surface area contributed by atoms with Gasteiger partial charge in [-0.15, -0.1) is 5.92 Å². The standard InChI is InChI=1S/C17H15F3IN3O/c1-4-5-11-8-12(17(18,19)20)6-7-14(11)23-15(25)16(2,3)24-10-13(21)9-22-24/h6-10H,1-3H3,(H,23,25)/i2D3,3D3. The molecule has 0 bridgehead atoms. The lowest BCUT2D eigenvalue weighted by Gasteiger charge is -2.24. The van der Waals surface area contributed by atoms with Crippen LogP contribution in [0.3, 0.4) is 0 Å². The first-order valence-corrected chi connectivity index (χ1v) is 7.79. The van der Waals surface area contributed by atoms with Gasteiger partial charge in [-0.2, -0.15) is 18.3 Å². The predicted octanol–water partition coefficient (Wildman–Crippen LogP) is 4.25. The van der Waals surface area contributed by atoms with Crippen LogP contribution in [0.5, 0.6) is 0 Å². The van der Waals surface area contributed by atoms with Crippen LogP contribution in [0.4, 0.5) is 18.9 Å². The molecule has 8 heteroatoms. The van der Waals surface area contributed by atoms with Crippen molar-refractivity contribution in [3.8, 4) is 11.8 Å². The fraction of sp³-hybridized carbons (Fsp3) is 0.294. The molecule has 2 aromatic rings. The molecule has 1 N–H and O–H groups in total. The smallest absolute Gasteiger partial charge is 0.323 e. The Bertz CT molecular complexity index is 1040. The average Bonchev–Trinajstić information content (AvgIpc) is 2.99. The quantitative estimate of drug-likeness (QED) is 0.542. The topological polar surface area (TPSA) is 46.9 Å². The molecule has 0 unspecified atom stereocenters. The molecule has 0 atom stereocenters. The number of halogens is 4. The van der Waals surface area contributed by atoms with Crippen LogP contribution in [-0.4, -0.2) is 15.7 Å². The van der Waals surface area contributed by atoms with E-state index in [-0.39, 0.29) is 11.3 Å². The van der Waals surface area contributed by atoms with Crippen LogP contribution in [0.25, 0.3) is 0 Å². The van der Waals surface area contributed by atoms with Crippen molar-refractivity contribution in [3.63, 3.8) is 0 Å². The molecule has 2 rings (SSSR count). The van der Waals surface area contributed by atoms with E-state index in [1.165, 1.54) is 13.1 Å². The number of hydrogen-bond acceptors (Lipinski definition) is 2. The lowest BCUT2D eigenvalue weighted by Crippen LogP contribution is -2.40. The molecule has 1 heterocycles. The summed E-state index contributed by atoms with van der Waals surface area (Å²) in [5.74, 6) is 3.30. The normalized spacial score (nSPS) is 16.2. The summed E-state index contributed by atoms with van der Waals surface area (Å²) in [6.07, 6.45) is -2.43. The summed E-state index contributed by atoms with van der Waals surface area (Å²) in [7, 11) is 0. The number of alkyl halides is 3. The van der Waals surface area contributed by atoms with E-state index in [9.17, 15) is 18.0 Å². The summed E-state index contributed by atoms with van der Waals surface area (Å²) in [5.41, 5.74) is -4.72. The first kappa shape index (κ1) is 12.4. The molecule has 0 aliphatic heterocycles. The van der Waals surface area contributed by atoms with E-state index < -0.39 is 36.9 Å². The van der Waals surface area contributed by atoms with E-state index in [0.29, 0.717) is 20.4 Å². The van der Waals surface area contributed by atoms with Crippen LogP contribution in [0, 0.1) is 15.4 Å². The van der Waals surface area contributed by atoms with Crippen LogP contribution >= 0.6 is 22.6 Å². The van der Waals surface area contributed by atoms with Gasteiger partial charge in [-0.25, -0.2) is 0 Å². The molecule has 4 nitrogen and oxygen atoms in total. The molecule has 0 fully saturated rings. The minimum absolute atomic E-state index is 0.259. The van der Waals surface area contributed by atoms with E-state index in [4.69, 9.17) is 8.22 Å². The van der Waals surface area contributed by atoms with Crippen molar-refractivity contribution in [1.82, 2.24) is 9.78 Å². The van der Waals surface area contributed by atoms with Gasteiger partial charge < -0.3 is 5.32 Å². The van der Waals surface area contributed by atoms with Crippen LogP contribution in [0.2, 0.25) is 0 Å². The summed E-state index contributed by atoms with van der Waals surface area (Å²) in [5, 5.41) is 5.88. The van der Waals surface area contributed by atoms with Gasteiger partial charge in [0.25, 0.3) is 5.91 Å². The molecular weight excluding hydrogens is 446 g/mol. The zero-order chi connectivity index (χ0) is 23.8. The molecule has 132 valence electrons. The molecule has 0 spiro atoms. The van der Waals surface area contributed by atoms with Gasteiger partial charge in [0.05, 0.1) is 21.0 Å². The van der Waals surface area contributed by atoms with Gasteiger partial charge in [-0.1, -0.05) is 5.92 Å². The molecule has 1 amide bonds. The van der Waals surface area contributed by atoms with E-state index in [2.05, 4.69) is 22.3 Å². The number of anilines is 1. The number of nitrogens with zero attached hydrogens (tertiary/aromatic N) is 2. The van der Waals surface area contributed by atoms with Gasteiger partial charge >= 0.3 is 6.18 Å². The second-order valence-electron chi connectivity index (χ2n) is 4.90. The van der Waals surface area contributed by atoms with Gasteiger partial charge in [-0.3, -0.25) is 9.48 Å². The van der Waals surface area contributed by atoms with Gasteiger partial charge in [0.2, 0.25) is 0 Å². The number of aromatic nitrogens is 2. The number of hydrogen-bond donors (Lipinski definition) is 1. The average molecular weight is 467 g/mol. The number of nitrogens with one attached hydrogen (secondary N) is 1. The van der Waals surface area contributed by atoms with Crippen molar-refractivity contribution in [2.24, 2.45) is 0 Å². The summed E-state index contributed by atoms with van der Waals surface area (Å²) < 4.78 is 87.2. The maximum Gasteiger partial charge on any atom is 0.416 e. The Hall–Kier alpha value is -2.02. The maximum atomic E-state index is 13.2. The highest BCUT2D eigenvalue weighted by molar-refractivity contribution is 14.1. The SMILES string of the molecule is [2H]C([2H])([2H])C(C(=O)Nc1ccc(C(F)(F)F)cc1C#CC)(n1cc(I)cn1)C([2H])([2H])[2H]. The molecular formula is C17H15F3IN3O. The summed E-state index contributed by atoms with van der Waals surface area (Å²) in [4.78, 5) is 13.2. The Morgan fingerprint density at radius 3 is 2.64 bits per heavy atom. The Balaban J connectivity index is 2.69. The third kappa shape index (κ3) is 4.34. The molecule has 0 aliphatic carbocycles. The Morgan fingerprint density at radius 2 is 2.12 bits per heavy atom. The molecule has 1 aromatic carbocycles. The highest BCUT2D eigenvalue weighted by atomic mass is 127. The van der Waals surface area contributed by atoms with Gasteiger partial charge in [0.1, 0.15) is 5.54 Å². The highest BCUT2D eigenvalue weighted by Crippen LogP contribution is 2.32. The zero-order valence-corrected chi connectivity index (χ0v) is 14.9. The third-order valence-corrected chi connectivity index (χ3v) is 3.64. The van der Waals surface area contributed by atoms with E-state index >= 15 is 0 Å². The third-order valence-electron chi connectivity index (χ3n) is 3.08. The molecule has 0 radical (unpaired) electrons. The van der Waals surface area contributed by atoms with Crippen molar-refractivity contribution in [3.05, 3.63) is 45.3 Å². The first-order valence-electron chi connectivity index (χ1n) is 9.72. The van der Waals surface area contributed by atoms with E-state index in [0.717, 1.165) is 12.3 Å². The number of rotatable bonds is 3. The lowest BCUT2D eigenvalue weighted by atomic mass is 10.0. The van der Waals surface area contributed by atoms with Gasteiger partial charge in [-0.05, 0) is 61.4 Å².